The minimum atomic E-state index is -0.855. The smallest absolute Gasteiger partial charge is 0.295 e. The molecule has 1 amide bonds. The average molecular weight is 279 g/mol. The third-order valence-corrected chi connectivity index (χ3v) is 2.39. The Morgan fingerprint density at radius 1 is 1.25 bits per heavy atom. The number of hydrogen-bond donors (Lipinski definition) is 1. The maximum atomic E-state index is 12.9. The maximum absolute atomic E-state index is 12.9. The summed E-state index contributed by atoms with van der Waals surface area (Å²) < 4.78 is 25.8. The van der Waals surface area contributed by atoms with Crippen LogP contribution >= 0.6 is 0 Å². The van der Waals surface area contributed by atoms with Gasteiger partial charge in [0.2, 0.25) is 5.95 Å². The van der Waals surface area contributed by atoms with Gasteiger partial charge in [-0.3, -0.25) is 14.9 Å². The van der Waals surface area contributed by atoms with Crippen molar-refractivity contribution in [3.05, 3.63) is 64.0 Å². The summed E-state index contributed by atoms with van der Waals surface area (Å²) in [5.41, 5.74) is -0.831. The molecule has 1 heterocycles. The number of carbonyl (C=O) groups excluding carboxylic acids is 1. The highest BCUT2D eigenvalue weighted by Crippen LogP contribution is 2.25. The van der Waals surface area contributed by atoms with E-state index < -0.39 is 28.3 Å². The largest absolute Gasteiger partial charge is 0.316 e. The van der Waals surface area contributed by atoms with Crippen molar-refractivity contribution in [2.24, 2.45) is 0 Å². The molecule has 0 radical (unpaired) electrons. The fraction of sp³-hybridized carbons (Fsp3) is 0. The van der Waals surface area contributed by atoms with Crippen LogP contribution in [0.4, 0.5) is 20.2 Å². The highest BCUT2D eigenvalue weighted by Gasteiger charge is 2.17. The molecule has 0 fully saturated rings. The van der Waals surface area contributed by atoms with Crippen LogP contribution in [0.15, 0.2) is 36.5 Å². The summed E-state index contributed by atoms with van der Waals surface area (Å²) in [4.78, 5) is 25.0. The van der Waals surface area contributed by atoms with Crippen LogP contribution in [0, 0.1) is 21.9 Å². The van der Waals surface area contributed by atoms with Gasteiger partial charge in [-0.05, 0) is 18.2 Å². The Labute approximate surface area is 111 Å². The van der Waals surface area contributed by atoms with Gasteiger partial charge in [0.15, 0.2) is 0 Å². The van der Waals surface area contributed by atoms with Gasteiger partial charge in [0, 0.05) is 17.8 Å². The molecule has 0 spiro atoms. The molecule has 0 bridgehead atoms. The molecule has 1 N–H and O–H groups in total. The van der Waals surface area contributed by atoms with Crippen molar-refractivity contribution in [1.82, 2.24) is 4.98 Å². The summed E-state index contributed by atoms with van der Waals surface area (Å²) in [5, 5.41) is 13.0. The van der Waals surface area contributed by atoms with E-state index >= 15 is 0 Å². The number of benzene rings is 1. The van der Waals surface area contributed by atoms with E-state index in [1.807, 2.05) is 0 Å². The van der Waals surface area contributed by atoms with Crippen LogP contribution in [0.1, 0.15) is 10.4 Å². The molecule has 0 aliphatic heterocycles. The number of rotatable bonds is 3. The Kier molecular flexibility index (Phi) is 3.65. The summed E-state index contributed by atoms with van der Waals surface area (Å²) in [6.45, 7) is 0. The van der Waals surface area contributed by atoms with Crippen LogP contribution in [0.5, 0.6) is 0 Å². The molecule has 0 unspecified atom stereocenters. The van der Waals surface area contributed by atoms with Gasteiger partial charge >= 0.3 is 0 Å². The first kappa shape index (κ1) is 13.5. The first-order chi connectivity index (χ1) is 9.47. The summed E-state index contributed by atoms with van der Waals surface area (Å²) in [7, 11) is 0. The number of nitrogens with one attached hydrogen (secondary N) is 1. The molecular formula is C12H7F2N3O3. The molecule has 1 aromatic carbocycles. The summed E-state index contributed by atoms with van der Waals surface area (Å²) in [6.07, 6.45) is 1.09. The Hall–Kier alpha value is -2.90. The number of nitrogens with zero attached hydrogens (tertiary/aromatic N) is 2. The second-order valence-electron chi connectivity index (χ2n) is 3.74. The maximum Gasteiger partial charge on any atom is 0.295 e. The van der Waals surface area contributed by atoms with E-state index in [9.17, 15) is 23.7 Å². The van der Waals surface area contributed by atoms with E-state index in [0.29, 0.717) is 6.07 Å². The fourth-order valence-corrected chi connectivity index (χ4v) is 1.50. The van der Waals surface area contributed by atoms with Gasteiger partial charge in [-0.15, -0.1) is 0 Å². The molecular weight excluding hydrogens is 272 g/mol. The number of nitro benzene ring substituents is 1. The Balaban J connectivity index is 2.30. The monoisotopic (exact) mass is 279 g/mol. The SMILES string of the molecule is O=C(Nc1ccc(F)cc1[N+](=O)[O-])c1ccnc(F)c1. The minimum absolute atomic E-state index is 0.0591. The van der Waals surface area contributed by atoms with Crippen LogP contribution in [-0.4, -0.2) is 15.8 Å². The number of pyridine rings is 1. The highest BCUT2D eigenvalue weighted by atomic mass is 19.1. The Morgan fingerprint density at radius 3 is 2.65 bits per heavy atom. The van der Waals surface area contributed by atoms with Gasteiger partial charge in [0.25, 0.3) is 11.6 Å². The minimum Gasteiger partial charge on any atom is -0.316 e. The second kappa shape index (κ2) is 5.39. The number of amides is 1. The molecule has 0 aliphatic carbocycles. The molecule has 20 heavy (non-hydrogen) atoms. The van der Waals surface area contributed by atoms with E-state index in [1.165, 1.54) is 6.07 Å². The molecule has 0 saturated heterocycles. The normalized spacial score (nSPS) is 10.1. The van der Waals surface area contributed by atoms with Crippen molar-refractivity contribution < 1.29 is 18.5 Å². The van der Waals surface area contributed by atoms with Crippen LogP contribution in [0.2, 0.25) is 0 Å². The number of aromatic nitrogens is 1. The van der Waals surface area contributed by atoms with E-state index in [-0.39, 0.29) is 11.3 Å². The lowest BCUT2D eigenvalue weighted by molar-refractivity contribution is -0.384. The first-order valence-electron chi connectivity index (χ1n) is 5.34. The van der Waals surface area contributed by atoms with Crippen LogP contribution in [0.3, 0.4) is 0 Å². The predicted molar refractivity (Wildman–Crippen MR) is 65.2 cm³/mol. The molecule has 102 valence electrons. The number of anilines is 1. The van der Waals surface area contributed by atoms with E-state index in [4.69, 9.17) is 0 Å². The van der Waals surface area contributed by atoms with Gasteiger partial charge in [-0.25, -0.2) is 9.37 Å². The zero-order valence-electron chi connectivity index (χ0n) is 9.84. The molecule has 0 atom stereocenters. The topological polar surface area (TPSA) is 85.1 Å². The molecule has 2 aromatic rings. The lowest BCUT2D eigenvalue weighted by Crippen LogP contribution is -2.13. The van der Waals surface area contributed by atoms with E-state index in [1.54, 1.807) is 0 Å². The molecule has 8 heteroatoms. The zero-order valence-corrected chi connectivity index (χ0v) is 9.84. The Bertz CT molecular complexity index is 691. The molecule has 1 aromatic heterocycles. The first-order valence-corrected chi connectivity index (χ1v) is 5.34. The van der Waals surface area contributed by atoms with Gasteiger partial charge in [0.05, 0.1) is 11.0 Å². The third kappa shape index (κ3) is 2.91. The molecule has 0 saturated carbocycles. The lowest BCUT2D eigenvalue weighted by Gasteiger charge is -2.06. The van der Waals surface area contributed by atoms with Crippen molar-refractivity contribution in [3.8, 4) is 0 Å². The zero-order chi connectivity index (χ0) is 14.7. The van der Waals surface area contributed by atoms with Gasteiger partial charge in [-0.2, -0.15) is 4.39 Å². The van der Waals surface area contributed by atoms with E-state index in [0.717, 1.165) is 24.4 Å². The van der Waals surface area contributed by atoms with Crippen LogP contribution in [0.25, 0.3) is 0 Å². The number of hydrogen-bond acceptors (Lipinski definition) is 4. The molecule has 0 aliphatic rings. The lowest BCUT2D eigenvalue weighted by atomic mass is 10.2. The van der Waals surface area contributed by atoms with Crippen molar-refractivity contribution in [1.29, 1.82) is 0 Å². The average Bonchev–Trinajstić information content (AvgIpc) is 2.40. The fourth-order valence-electron chi connectivity index (χ4n) is 1.50. The van der Waals surface area contributed by atoms with Gasteiger partial charge < -0.3 is 5.32 Å². The van der Waals surface area contributed by atoms with Crippen LogP contribution < -0.4 is 5.32 Å². The standard InChI is InChI=1S/C12H7F2N3O3/c13-8-1-2-9(10(6-8)17(19)20)16-12(18)7-3-4-15-11(14)5-7/h1-6H,(H,16,18). The van der Waals surface area contributed by atoms with E-state index in [2.05, 4.69) is 10.3 Å². The van der Waals surface area contributed by atoms with Crippen molar-refractivity contribution in [2.45, 2.75) is 0 Å². The quantitative estimate of drug-likeness (QED) is 0.531. The van der Waals surface area contributed by atoms with Crippen molar-refractivity contribution in [3.63, 3.8) is 0 Å². The summed E-state index contributed by atoms with van der Waals surface area (Å²) in [6, 6.07) is 4.83. The van der Waals surface area contributed by atoms with Gasteiger partial charge in [-0.1, -0.05) is 0 Å². The van der Waals surface area contributed by atoms with Gasteiger partial charge in [0.1, 0.15) is 11.5 Å². The molecule has 2 rings (SSSR count). The summed E-state index contributed by atoms with van der Waals surface area (Å²) in [5.74, 6) is -2.42. The Morgan fingerprint density at radius 2 is 2.00 bits per heavy atom. The van der Waals surface area contributed by atoms with Crippen molar-refractivity contribution >= 4 is 17.3 Å². The predicted octanol–water partition coefficient (Wildman–Crippen LogP) is 2.52. The second-order valence-corrected chi connectivity index (χ2v) is 3.74. The third-order valence-electron chi connectivity index (χ3n) is 2.39. The number of carbonyl (C=O) groups is 1. The summed E-state index contributed by atoms with van der Waals surface area (Å²) >= 11 is 0. The van der Waals surface area contributed by atoms with Crippen LogP contribution in [-0.2, 0) is 0 Å². The van der Waals surface area contributed by atoms with Crippen molar-refractivity contribution in [2.75, 3.05) is 5.32 Å². The number of nitro groups is 1. The highest BCUT2D eigenvalue weighted by molar-refractivity contribution is 6.05. The number of halogens is 2. The molecule has 6 nitrogen and oxygen atoms in total.